The van der Waals surface area contributed by atoms with Crippen LogP contribution in [0.5, 0.6) is 0 Å². The second kappa shape index (κ2) is 10.1. The molecular formula is C23H25Cl2N3O2S. The fourth-order valence-electron chi connectivity index (χ4n) is 2.98. The molecule has 0 saturated heterocycles. The predicted octanol–water partition coefficient (Wildman–Crippen LogP) is 5.72. The Hall–Kier alpha value is -2.02. The van der Waals surface area contributed by atoms with Gasteiger partial charge in [-0.05, 0) is 49.6 Å². The number of rotatable bonds is 7. The highest BCUT2D eigenvalue weighted by Gasteiger charge is 2.24. The van der Waals surface area contributed by atoms with E-state index in [1.807, 2.05) is 19.9 Å². The van der Waals surface area contributed by atoms with Crippen molar-refractivity contribution in [2.45, 2.75) is 50.6 Å². The maximum atomic E-state index is 13.4. The van der Waals surface area contributed by atoms with Crippen molar-refractivity contribution >= 4 is 51.8 Å². The molecule has 2 aromatic carbocycles. The van der Waals surface area contributed by atoms with Crippen molar-refractivity contribution in [2.75, 3.05) is 0 Å². The third kappa shape index (κ3) is 5.25. The third-order valence-corrected chi connectivity index (χ3v) is 7.24. The van der Waals surface area contributed by atoms with E-state index in [-0.39, 0.29) is 17.5 Å². The summed E-state index contributed by atoms with van der Waals surface area (Å²) in [6.07, 6.45) is 0.589. The maximum absolute atomic E-state index is 13.4. The van der Waals surface area contributed by atoms with E-state index in [0.29, 0.717) is 44.1 Å². The van der Waals surface area contributed by atoms with Crippen molar-refractivity contribution in [2.24, 2.45) is 5.92 Å². The van der Waals surface area contributed by atoms with E-state index >= 15 is 0 Å². The highest BCUT2D eigenvalue weighted by atomic mass is 35.5. The Balaban J connectivity index is 2.10. The van der Waals surface area contributed by atoms with Gasteiger partial charge in [0.05, 0.1) is 31.9 Å². The topological polar surface area (TPSA) is 64.0 Å². The average molecular weight is 478 g/mol. The van der Waals surface area contributed by atoms with Crippen molar-refractivity contribution in [3.63, 3.8) is 0 Å². The first-order valence-corrected chi connectivity index (χ1v) is 11.8. The first kappa shape index (κ1) is 23.6. The molecule has 1 amide bonds. The molecule has 1 aromatic heterocycles. The van der Waals surface area contributed by atoms with Crippen molar-refractivity contribution < 1.29 is 4.79 Å². The van der Waals surface area contributed by atoms with E-state index in [9.17, 15) is 9.59 Å². The second-order valence-corrected chi connectivity index (χ2v) is 9.69. The van der Waals surface area contributed by atoms with Gasteiger partial charge in [-0.15, -0.1) is 0 Å². The maximum Gasteiger partial charge on any atom is 0.266 e. The van der Waals surface area contributed by atoms with Crippen LogP contribution in [0.4, 0.5) is 0 Å². The number of hydrogen-bond donors (Lipinski definition) is 1. The summed E-state index contributed by atoms with van der Waals surface area (Å²) in [4.78, 5) is 31.0. The molecule has 0 aliphatic carbocycles. The molecule has 3 aromatic rings. The summed E-state index contributed by atoms with van der Waals surface area (Å²) < 4.78 is 1.50. The molecule has 0 spiro atoms. The minimum absolute atomic E-state index is 0.0453. The number of benzene rings is 2. The highest BCUT2D eigenvalue weighted by molar-refractivity contribution is 8.00. The Bertz CT molecular complexity index is 1160. The minimum Gasteiger partial charge on any atom is -0.352 e. The number of amides is 1. The van der Waals surface area contributed by atoms with Crippen LogP contribution in [0.3, 0.4) is 0 Å². The van der Waals surface area contributed by atoms with Crippen LogP contribution < -0.4 is 10.9 Å². The van der Waals surface area contributed by atoms with Gasteiger partial charge in [0.2, 0.25) is 5.91 Å². The van der Waals surface area contributed by atoms with Crippen molar-refractivity contribution in [1.29, 1.82) is 0 Å². The fraction of sp³-hybridized carbons (Fsp3) is 0.348. The molecule has 2 atom stereocenters. The average Bonchev–Trinajstić information content (AvgIpc) is 2.74. The van der Waals surface area contributed by atoms with Crippen LogP contribution in [0, 0.1) is 5.92 Å². The van der Waals surface area contributed by atoms with Gasteiger partial charge in [0.15, 0.2) is 5.16 Å². The van der Waals surface area contributed by atoms with Crippen LogP contribution in [0.1, 0.15) is 34.1 Å². The molecule has 0 fully saturated rings. The molecule has 1 N–H and O–H groups in total. The van der Waals surface area contributed by atoms with Gasteiger partial charge in [0, 0.05) is 6.04 Å². The monoisotopic (exact) mass is 477 g/mol. The summed E-state index contributed by atoms with van der Waals surface area (Å²) in [6.45, 7) is 8.05. The summed E-state index contributed by atoms with van der Waals surface area (Å²) in [7, 11) is 0. The molecule has 164 valence electrons. The number of carbonyl (C=O) groups excluding carboxylic acids is 1. The smallest absolute Gasteiger partial charge is 0.266 e. The quantitative estimate of drug-likeness (QED) is 0.348. The summed E-state index contributed by atoms with van der Waals surface area (Å²) in [6, 6.07) is 12.2. The van der Waals surface area contributed by atoms with Gasteiger partial charge in [0.25, 0.3) is 5.56 Å². The molecule has 2 unspecified atom stereocenters. The van der Waals surface area contributed by atoms with Crippen LogP contribution in [-0.2, 0) is 4.79 Å². The zero-order valence-corrected chi connectivity index (χ0v) is 20.2. The predicted molar refractivity (Wildman–Crippen MR) is 130 cm³/mol. The van der Waals surface area contributed by atoms with Gasteiger partial charge in [-0.1, -0.05) is 67.9 Å². The largest absolute Gasteiger partial charge is 0.352 e. The Kier molecular flexibility index (Phi) is 7.68. The lowest BCUT2D eigenvalue weighted by atomic mass is 10.1. The lowest BCUT2D eigenvalue weighted by molar-refractivity contribution is -0.121. The van der Waals surface area contributed by atoms with Crippen LogP contribution in [0.25, 0.3) is 16.6 Å². The summed E-state index contributed by atoms with van der Waals surface area (Å²) in [5.41, 5.74) is 0.903. The number of nitrogens with one attached hydrogen (secondary N) is 1. The lowest BCUT2D eigenvalue weighted by Gasteiger charge is -2.22. The van der Waals surface area contributed by atoms with Crippen LogP contribution >= 0.6 is 35.0 Å². The molecule has 5 nitrogen and oxygen atoms in total. The molecule has 8 heteroatoms. The van der Waals surface area contributed by atoms with Crippen LogP contribution in [-0.4, -0.2) is 26.8 Å². The summed E-state index contributed by atoms with van der Waals surface area (Å²) >= 11 is 13.6. The Labute approximate surface area is 196 Å². The zero-order valence-electron chi connectivity index (χ0n) is 17.9. The van der Waals surface area contributed by atoms with Gasteiger partial charge in [-0.2, -0.15) is 0 Å². The number of thioether (sulfide) groups is 1. The first-order valence-electron chi connectivity index (χ1n) is 10.2. The van der Waals surface area contributed by atoms with E-state index in [1.165, 1.54) is 16.3 Å². The van der Waals surface area contributed by atoms with E-state index in [2.05, 4.69) is 19.2 Å². The molecule has 0 aliphatic heterocycles. The number of fused-ring (bicyclic) bond motifs is 1. The standard InChI is InChI=1S/C23H25Cl2N3O2S/c1-5-20(21(29)26-14(4)13(2)3)31-23-27-19-9-7-6-8-16(19)22(30)28(23)15-10-11-17(24)18(25)12-15/h6-14,20H,5H2,1-4H3,(H,26,29). The van der Waals surface area contributed by atoms with E-state index in [1.54, 1.807) is 36.4 Å². The molecule has 0 bridgehead atoms. The van der Waals surface area contributed by atoms with Crippen molar-refractivity contribution in [3.05, 3.63) is 62.9 Å². The molecule has 31 heavy (non-hydrogen) atoms. The molecule has 0 radical (unpaired) electrons. The molecule has 1 heterocycles. The van der Waals surface area contributed by atoms with Gasteiger partial charge < -0.3 is 5.32 Å². The lowest BCUT2D eigenvalue weighted by Crippen LogP contribution is -2.41. The van der Waals surface area contributed by atoms with Gasteiger partial charge >= 0.3 is 0 Å². The number of nitrogens with zero attached hydrogens (tertiary/aromatic N) is 2. The third-order valence-electron chi connectivity index (χ3n) is 5.19. The fourth-order valence-corrected chi connectivity index (χ4v) is 4.31. The molecule has 3 rings (SSSR count). The molecular weight excluding hydrogens is 453 g/mol. The second-order valence-electron chi connectivity index (χ2n) is 7.71. The van der Waals surface area contributed by atoms with Crippen LogP contribution in [0.2, 0.25) is 10.0 Å². The van der Waals surface area contributed by atoms with E-state index < -0.39 is 5.25 Å². The number of halogens is 2. The Morgan fingerprint density at radius 1 is 1.13 bits per heavy atom. The minimum atomic E-state index is -0.400. The molecule has 0 saturated carbocycles. The van der Waals surface area contributed by atoms with E-state index in [4.69, 9.17) is 28.2 Å². The Morgan fingerprint density at radius 3 is 2.48 bits per heavy atom. The molecule has 0 aliphatic rings. The summed E-state index contributed by atoms with van der Waals surface area (Å²) in [5, 5.41) is 4.32. The number of para-hydroxylation sites is 1. The zero-order chi connectivity index (χ0) is 22.7. The summed E-state index contributed by atoms with van der Waals surface area (Å²) in [5.74, 6) is 0.247. The van der Waals surface area contributed by atoms with E-state index in [0.717, 1.165) is 0 Å². The van der Waals surface area contributed by atoms with Gasteiger partial charge in [-0.3, -0.25) is 14.2 Å². The number of carbonyl (C=O) groups is 1. The first-order chi connectivity index (χ1) is 14.7. The highest BCUT2D eigenvalue weighted by Crippen LogP contribution is 2.30. The SMILES string of the molecule is CCC(Sc1nc2ccccc2c(=O)n1-c1ccc(Cl)c(Cl)c1)C(=O)NC(C)C(C)C. The van der Waals surface area contributed by atoms with Gasteiger partial charge in [-0.25, -0.2) is 4.98 Å². The number of hydrogen-bond acceptors (Lipinski definition) is 4. The van der Waals surface area contributed by atoms with Gasteiger partial charge in [0.1, 0.15) is 0 Å². The number of aromatic nitrogens is 2. The Morgan fingerprint density at radius 2 is 1.84 bits per heavy atom. The normalized spacial score (nSPS) is 13.4. The van der Waals surface area contributed by atoms with Crippen molar-refractivity contribution in [1.82, 2.24) is 14.9 Å². The van der Waals surface area contributed by atoms with Crippen molar-refractivity contribution in [3.8, 4) is 5.69 Å². The van der Waals surface area contributed by atoms with Crippen LogP contribution in [0.15, 0.2) is 52.4 Å².